The number of halogens is 1. The molecule has 3 aromatic rings. The van der Waals surface area contributed by atoms with Gasteiger partial charge in [-0.25, -0.2) is 19.4 Å². The van der Waals surface area contributed by atoms with E-state index in [1.54, 1.807) is 19.1 Å². The molecule has 8 heteroatoms. The summed E-state index contributed by atoms with van der Waals surface area (Å²) < 4.78 is 15.2. The zero-order chi connectivity index (χ0) is 18.8. The molecule has 0 aliphatic carbocycles. The summed E-state index contributed by atoms with van der Waals surface area (Å²) in [5.74, 6) is 0.0714. The molecule has 1 aromatic carbocycles. The number of carbonyl (C=O) groups is 1. The maximum Gasteiger partial charge on any atom is 0.295 e. The van der Waals surface area contributed by atoms with E-state index in [4.69, 9.17) is 4.84 Å². The lowest BCUT2D eigenvalue weighted by molar-refractivity contribution is 0.0358. The lowest BCUT2D eigenvalue weighted by atomic mass is 10.0. The molecule has 0 spiro atoms. The average molecular weight is 369 g/mol. The number of nitrogens with zero attached hydrogens (tertiary/aromatic N) is 4. The minimum atomic E-state index is -0.405. The predicted molar refractivity (Wildman–Crippen MR) is 97.8 cm³/mol. The van der Waals surface area contributed by atoms with E-state index in [1.807, 2.05) is 18.2 Å². The van der Waals surface area contributed by atoms with Crippen LogP contribution in [0.1, 0.15) is 41.9 Å². The Morgan fingerprint density at radius 2 is 2.26 bits per heavy atom. The van der Waals surface area contributed by atoms with Crippen molar-refractivity contribution in [2.75, 3.05) is 18.1 Å². The van der Waals surface area contributed by atoms with E-state index >= 15 is 0 Å². The number of anilines is 1. The second-order valence-electron chi connectivity index (χ2n) is 6.38. The van der Waals surface area contributed by atoms with Gasteiger partial charge in [0.25, 0.3) is 5.91 Å². The van der Waals surface area contributed by atoms with Crippen molar-refractivity contribution in [3.8, 4) is 0 Å². The molecular weight excluding hydrogens is 349 g/mol. The van der Waals surface area contributed by atoms with Crippen LogP contribution in [0.2, 0.25) is 0 Å². The Morgan fingerprint density at radius 1 is 1.37 bits per heavy atom. The second-order valence-corrected chi connectivity index (χ2v) is 6.38. The van der Waals surface area contributed by atoms with Crippen LogP contribution in [0, 0.1) is 5.82 Å². The fourth-order valence-electron chi connectivity index (χ4n) is 3.46. The summed E-state index contributed by atoms with van der Waals surface area (Å²) in [4.78, 5) is 23.6. The molecule has 1 saturated heterocycles. The largest absolute Gasteiger partial charge is 0.348 e. The zero-order valence-corrected chi connectivity index (χ0v) is 14.9. The van der Waals surface area contributed by atoms with Crippen molar-refractivity contribution in [2.45, 2.75) is 25.8 Å². The zero-order valence-electron chi connectivity index (χ0n) is 14.9. The normalized spacial score (nSPS) is 16.8. The van der Waals surface area contributed by atoms with Gasteiger partial charge in [0.2, 0.25) is 0 Å². The summed E-state index contributed by atoms with van der Waals surface area (Å²) in [6.45, 7) is 2.96. The van der Waals surface area contributed by atoms with Gasteiger partial charge in [0, 0.05) is 6.54 Å². The van der Waals surface area contributed by atoms with E-state index < -0.39 is 5.91 Å². The van der Waals surface area contributed by atoms with Gasteiger partial charge in [-0.15, -0.1) is 5.10 Å². The van der Waals surface area contributed by atoms with Crippen LogP contribution in [0.3, 0.4) is 0 Å². The number of imidazole rings is 1. The average Bonchev–Trinajstić information content (AvgIpc) is 3.32. The third-order valence-corrected chi connectivity index (χ3v) is 4.67. The summed E-state index contributed by atoms with van der Waals surface area (Å²) in [6.07, 6.45) is 3.38. The minimum Gasteiger partial charge on any atom is -0.348 e. The summed E-state index contributed by atoms with van der Waals surface area (Å²) in [5.41, 5.74) is 4.15. The quantitative estimate of drug-likeness (QED) is 0.700. The summed E-state index contributed by atoms with van der Waals surface area (Å²) in [7, 11) is 0. The van der Waals surface area contributed by atoms with E-state index in [1.165, 1.54) is 16.8 Å². The van der Waals surface area contributed by atoms with Crippen LogP contribution in [-0.4, -0.2) is 33.7 Å². The summed E-state index contributed by atoms with van der Waals surface area (Å²) in [6, 6.07) is 10.4. The van der Waals surface area contributed by atoms with Crippen LogP contribution in [-0.2, 0) is 4.84 Å². The Hall–Kier alpha value is -3.00. The Bertz CT molecular complexity index is 974. The number of carbonyl (C=O) groups excluding carboxylic acids is 1. The second kappa shape index (κ2) is 7.32. The third kappa shape index (κ3) is 3.35. The van der Waals surface area contributed by atoms with Gasteiger partial charge in [-0.05, 0) is 49.6 Å². The van der Waals surface area contributed by atoms with E-state index in [2.05, 4.69) is 20.5 Å². The van der Waals surface area contributed by atoms with Gasteiger partial charge < -0.3 is 4.90 Å². The lowest BCUT2D eigenvalue weighted by Crippen LogP contribution is -2.27. The van der Waals surface area contributed by atoms with Gasteiger partial charge in [0.15, 0.2) is 11.3 Å². The number of benzene rings is 1. The number of nitrogens with one attached hydrogen (secondary N) is 1. The van der Waals surface area contributed by atoms with E-state index in [9.17, 15) is 9.18 Å². The Balaban J connectivity index is 1.67. The number of hydroxylamine groups is 1. The van der Waals surface area contributed by atoms with Gasteiger partial charge in [0.05, 0.1) is 18.8 Å². The molecule has 27 heavy (non-hydrogen) atoms. The molecular formula is C19H20FN5O2. The van der Waals surface area contributed by atoms with Crippen LogP contribution in [0.25, 0.3) is 5.65 Å². The first kappa shape index (κ1) is 17.4. The van der Waals surface area contributed by atoms with Crippen LogP contribution in [0.4, 0.5) is 10.2 Å². The van der Waals surface area contributed by atoms with Crippen molar-refractivity contribution in [2.24, 2.45) is 0 Å². The van der Waals surface area contributed by atoms with E-state index in [0.717, 1.165) is 30.8 Å². The van der Waals surface area contributed by atoms with Crippen molar-refractivity contribution < 1.29 is 14.0 Å². The molecule has 0 bridgehead atoms. The van der Waals surface area contributed by atoms with E-state index in [-0.39, 0.29) is 11.9 Å². The third-order valence-electron chi connectivity index (χ3n) is 4.67. The first-order valence-electron chi connectivity index (χ1n) is 8.96. The Kier molecular flexibility index (Phi) is 4.72. The van der Waals surface area contributed by atoms with Crippen LogP contribution < -0.4 is 10.4 Å². The summed E-state index contributed by atoms with van der Waals surface area (Å²) in [5, 5.41) is 4.61. The first-order chi connectivity index (χ1) is 13.2. The highest BCUT2D eigenvalue weighted by molar-refractivity contribution is 5.92. The van der Waals surface area contributed by atoms with Gasteiger partial charge in [-0.2, -0.15) is 0 Å². The molecule has 140 valence electrons. The predicted octanol–water partition coefficient (Wildman–Crippen LogP) is 2.89. The number of amides is 1. The van der Waals surface area contributed by atoms with Gasteiger partial charge in [-0.1, -0.05) is 12.1 Å². The van der Waals surface area contributed by atoms with Crippen molar-refractivity contribution in [3.05, 3.63) is 59.7 Å². The number of hydrogen-bond donors (Lipinski definition) is 1. The highest BCUT2D eigenvalue weighted by Gasteiger charge is 2.28. The van der Waals surface area contributed by atoms with Crippen molar-refractivity contribution in [1.29, 1.82) is 0 Å². The Labute approximate surface area is 155 Å². The smallest absolute Gasteiger partial charge is 0.295 e. The van der Waals surface area contributed by atoms with Gasteiger partial charge in [-0.3, -0.25) is 9.63 Å². The molecule has 1 aliphatic heterocycles. The molecule has 7 nitrogen and oxygen atoms in total. The molecule has 0 radical (unpaired) electrons. The number of fused-ring (bicyclic) bond motifs is 1. The molecule has 1 aliphatic rings. The SMILES string of the molecule is CCONC(=O)c1cnc2ccc(N3CCCC3c3cccc(F)c3)nn12. The summed E-state index contributed by atoms with van der Waals surface area (Å²) >= 11 is 0. The lowest BCUT2D eigenvalue weighted by Gasteiger charge is -2.26. The van der Waals surface area contributed by atoms with Gasteiger partial charge in [0.1, 0.15) is 11.6 Å². The fraction of sp³-hybridized carbons (Fsp3) is 0.316. The molecule has 1 unspecified atom stereocenters. The van der Waals surface area contributed by atoms with Gasteiger partial charge >= 0.3 is 0 Å². The standard InChI is InChI=1S/C19H20FN5O2/c1-2-27-23-19(26)16-12-21-17-8-9-18(22-25(16)17)24-10-4-7-15(24)13-5-3-6-14(20)11-13/h3,5-6,8-9,11-12,15H,2,4,7,10H2,1H3,(H,23,26). The highest BCUT2D eigenvalue weighted by atomic mass is 19.1. The van der Waals surface area contributed by atoms with Crippen LogP contribution >= 0.6 is 0 Å². The molecule has 2 aromatic heterocycles. The van der Waals surface area contributed by atoms with Crippen molar-refractivity contribution in [3.63, 3.8) is 0 Å². The molecule has 1 fully saturated rings. The number of aromatic nitrogens is 3. The molecule has 1 N–H and O–H groups in total. The maximum absolute atomic E-state index is 13.7. The van der Waals surface area contributed by atoms with E-state index in [0.29, 0.717) is 17.9 Å². The number of hydrogen-bond acceptors (Lipinski definition) is 5. The fourth-order valence-corrected chi connectivity index (χ4v) is 3.46. The maximum atomic E-state index is 13.7. The first-order valence-corrected chi connectivity index (χ1v) is 8.96. The van der Waals surface area contributed by atoms with Crippen molar-refractivity contribution in [1.82, 2.24) is 20.1 Å². The van der Waals surface area contributed by atoms with Crippen molar-refractivity contribution >= 4 is 17.4 Å². The molecule has 4 rings (SSSR count). The molecule has 1 atom stereocenters. The van der Waals surface area contributed by atoms with Crippen LogP contribution in [0.15, 0.2) is 42.6 Å². The highest BCUT2D eigenvalue weighted by Crippen LogP contribution is 2.35. The minimum absolute atomic E-state index is 0.0508. The monoisotopic (exact) mass is 369 g/mol. The molecule has 0 saturated carbocycles. The van der Waals surface area contributed by atoms with Crippen LogP contribution in [0.5, 0.6) is 0 Å². The molecule has 3 heterocycles. The topological polar surface area (TPSA) is 71.8 Å². The Morgan fingerprint density at radius 3 is 3.07 bits per heavy atom. The number of rotatable bonds is 5. The molecule has 1 amide bonds.